The van der Waals surface area contributed by atoms with E-state index in [1.54, 1.807) is 19.1 Å². The Labute approximate surface area is 186 Å². The largest absolute Gasteiger partial charge is 0.455 e. The molecule has 0 aliphatic rings. The number of carbonyl (C=O) groups is 1. The zero-order chi connectivity index (χ0) is 22.5. The van der Waals surface area contributed by atoms with Crippen molar-refractivity contribution in [3.8, 4) is 11.5 Å². The number of carbonyl (C=O) groups excluding carboxylic acids is 1. The molecular weight excluding hydrogens is 400 g/mol. The first-order valence-corrected chi connectivity index (χ1v) is 10.4. The Balaban J connectivity index is 1.65. The molecule has 0 fully saturated rings. The molecule has 4 rings (SSSR count). The highest BCUT2D eigenvalue weighted by atomic mass is 16.5. The topological polar surface area (TPSA) is 60.3 Å². The summed E-state index contributed by atoms with van der Waals surface area (Å²) in [5.74, 6) is 0.700. The van der Waals surface area contributed by atoms with Gasteiger partial charge in [0.2, 0.25) is 0 Å². The molecular formula is C27H24N2O3. The van der Waals surface area contributed by atoms with Gasteiger partial charge >= 0.3 is 0 Å². The van der Waals surface area contributed by atoms with Crippen molar-refractivity contribution >= 4 is 11.6 Å². The fourth-order valence-electron chi connectivity index (χ4n) is 3.66. The maximum absolute atomic E-state index is 13.2. The van der Waals surface area contributed by atoms with Gasteiger partial charge in [0.15, 0.2) is 11.2 Å². The molecule has 3 aromatic carbocycles. The van der Waals surface area contributed by atoms with Gasteiger partial charge in [0.05, 0.1) is 5.69 Å². The quantitative estimate of drug-likeness (QED) is 0.441. The zero-order valence-corrected chi connectivity index (χ0v) is 18.0. The van der Waals surface area contributed by atoms with Gasteiger partial charge in [-0.3, -0.25) is 9.59 Å². The first-order chi connectivity index (χ1) is 15.5. The number of ether oxygens (including phenoxy) is 1. The number of hydrogen-bond acceptors (Lipinski definition) is 3. The van der Waals surface area contributed by atoms with Gasteiger partial charge in [-0.15, -0.1) is 0 Å². The van der Waals surface area contributed by atoms with Crippen molar-refractivity contribution in [1.29, 1.82) is 0 Å². The van der Waals surface area contributed by atoms with Gasteiger partial charge in [-0.2, -0.15) is 0 Å². The normalized spacial score (nSPS) is 10.6. The molecule has 1 amide bonds. The smallest absolute Gasteiger partial charge is 0.261 e. The summed E-state index contributed by atoms with van der Waals surface area (Å²) in [5.41, 5.74) is 2.84. The number of rotatable bonds is 6. The first-order valence-electron chi connectivity index (χ1n) is 10.4. The van der Waals surface area contributed by atoms with Crippen molar-refractivity contribution < 1.29 is 9.53 Å². The summed E-state index contributed by atoms with van der Waals surface area (Å²) in [7, 11) is 0. The lowest BCUT2D eigenvalue weighted by molar-refractivity contribution is 0.102. The molecule has 0 saturated carbocycles. The van der Waals surface area contributed by atoms with E-state index in [-0.39, 0.29) is 11.0 Å². The third-order valence-electron chi connectivity index (χ3n) is 5.30. The molecule has 0 bridgehead atoms. The average Bonchev–Trinajstić information content (AvgIpc) is 2.79. The van der Waals surface area contributed by atoms with E-state index in [0.717, 1.165) is 11.3 Å². The highest BCUT2D eigenvalue weighted by Gasteiger charge is 2.19. The van der Waals surface area contributed by atoms with Gasteiger partial charge in [-0.25, -0.2) is 0 Å². The monoisotopic (exact) mass is 424 g/mol. The van der Waals surface area contributed by atoms with Crippen LogP contribution in [0, 0.1) is 13.8 Å². The lowest BCUT2D eigenvalue weighted by atomic mass is 10.1. The van der Waals surface area contributed by atoms with Crippen molar-refractivity contribution in [2.24, 2.45) is 0 Å². The average molecular weight is 425 g/mol. The number of para-hydroxylation sites is 3. The van der Waals surface area contributed by atoms with E-state index >= 15 is 0 Å². The van der Waals surface area contributed by atoms with Gasteiger partial charge in [0.25, 0.3) is 5.91 Å². The number of aromatic nitrogens is 1. The minimum Gasteiger partial charge on any atom is -0.455 e. The van der Waals surface area contributed by atoms with Gasteiger partial charge in [0.1, 0.15) is 11.3 Å². The molecule has 1 N–H and O–H groups in total. The van der Waals surface area contributed by atoms with Crippen LogP contribution in [0.15, 0.2) is 95.8 Å². The standard InChI is InChI=1S/C27H24N2O3/c1-19-17-24(30)26(20(2)29(19)18-21-11-5-3-6-12-21)27(31)28-23-15-9-10-16-25(23)32-22-13-7-4-8-14-22/h3-17H,18H2,1-2H3,(H,28,31). The van der Waals surface area contributed by atoms with E-state index in [1.807, 2.05) is 84.3 Å². The molecule has 32 heavy (non-hydrogen) atoms. The van der Waals surface area contributed by atoms with Gasteiger partial charge < -0.3 is 14.6 Å². The van der Waals surface area contributed by atoms with Crippen molar-refractivity contribution in [3.05, 3.63) is 124 Å². The van der Waals surface area contributed by atoms with E-state index in [0.29, 0.717) is 29.4 Å². The number of amides is 1. The Morgan fingerprint density at radius 3 is 2.22 bits per heavy atom. The Bertz CT molecular complexity index is 1300. The number of aryl methyl sites for hydroxylation is 1. The van der Waals surface area contributed by atoms with Crippen LogP contribution in [0.25, 0.3) is 0 Å². The van der Waals surface area contributed by atoms with Crippen molar-refractivity contribution in [3.63, 3.8) is 0 Å². The highest BCUT2D eigenvalue weighted by Crippen LogP contribution is 2.29. The first kappa shape index (κ1) is 21.1. The fraction of sp³-hybridized carbons (Fsp3) is 0.111. The van der Waals surface area contributed by atoms with Gasteiger partial charge in [-0.05, 0) is 43.7 Å². The van der Waals surface area contributed by atoms with Crippen molar-refractivity contribution in [2.45, 2.75) is 20.4 Å². The molecule has 0 radical (unpaired) electrons. The molecule has 0 spiro atoms. The lowest BCUT2D eigenvalue weighted by Crippen LogP contribution is -2.27. The fourth-order valence-corrected chi connectivity index (χ4v) is 3.66. The summed E-state index contributed by atoms with van der Waals surface area (Å²) in [5, 5.41) is 2.86. The lowest BCUT2D eigenvalue weighted by Gasteiger charge is -2.18. The third-order valence-corrected chi connectivity index (χ3v) is 5.30. The zero-order valence-electron chi connectivity index (χ0n) is 18.0. The van der Waals surface area contributed by atoms with Crippen LogP contribution in [0.3, 0.4) is 0 Å². The van der Waals surface area contributed by atoms with Crippen LogP contribution in [0.1, 0.15) is 27.3 Å². The minimum atomic E-state index is -0.460. The Morgan fingerprint density at radius 2 is 1.50 bits per heavy atom. The SMILES string of the molecule is Cc1cc(=O)c(C(=O)Nc2ccccc2Oc2ccccc2)c(C)n1Cc1ccccc1. The molecule has 160 valence electrons. The molecule has 1 aromatic heterocycles. The molecule has 0 saturated heterocycles. The number of pyridine rings is 1. The van der Waals surface area contributed by atoms with Crippen LogP contribution < -0.4 is 15.5 Å². The summed E-state index contributed by atoms with van der Waals surface area (Å²) in [6.45, 7) is 4.26. The summed E-state index contributed by atoms with van der Waals surface area (Å²) >= 11 is 0. The number of hydrogen-bond donors (Lipinski definition) is 1. The molecule has 4 aromatic rings. The second-order valence-corrected chi connectivity index (χ2v) is 7.55. The Kier molecular flexibility index (Phi) is 6.17. The molecule has 1 heterocycles. The predicted octanol–water partition coefficient (Wildman–Crippen LogP) is 5.56. The summed E-state index contributed by atoms with van der Waals surface area (Å²) in [6.07, 6.45) is 0. The van der Waals surface area contributed by atoms with Crippen LogP contribution >= 0.6 is 0 Å². The molecule has 0 aliphatic carbocycles. The minimum absolute atomic E-state index is 0.126. The van der Waals surface area contributed by atoms with Crippen molar-refractivity contribution in [2.75, 3.05) is 5.32 Å². The predicted molar refractivity (Wildman–Crippen MR) is 127 cm³/mol. The number of anilines is 1. The van der Waals surface area contributed by atoms with E-state index in [9.17, 15) is 9.59 Å². The Hall–Kier alpha value is -4.12. The van der Waals surface area contributed by atoms with E-state index in [4.69, 9.17) is 4.74 Å². The van der Waals surface area contributed by atoms with Crippen LogP contribution in [0.2, 0.25) is 0 Å². The van der Waals surface area contributed by atoms with E-state index < -0.39 is 5.91 Å². The molecule has 0 unspecified atom stereocenters. The maximum atomic E-state index is 13.2. The molecule has 0 aliphatic heterocycles. The summed E-state index contributed by atoms with van der Waals surface area (Å²) in [6, 6.07) is 28.0. The van der Waals surface area contributed by atoms with Crippen LogP contribution in [0.4, 0.5) is 5.69 Å². The summed E-state index contributed by atoms with van der Waals surface area (Å²) < 4.78 is 7.91. The third kappa shape index (κ3) is 4.62. The Morgan fingerprint density at radius 1 is 0.875 bits per heavy atom. The van der Waals surface area contributed by atoms with E-state index in [1.165, 1.54) is 6.07 Å². The maximum Gasteiger partial charge on any atom is 0.261 e. The molecule has 5 heteroatoms. The highest BCUT2D eigenvalue weighted by molar-refractivity contribution is 6.05. The van der Waals surface area contributed by atoms with Crippen LogP contribution in [-0.4, -0.2) is 10.5 Å². The van der Waals surface area contributed by atoms with Gasteiger partial charge in [0, 0.05) is 24.0 Å². The molecule has 5 nitrogen and oxygen atoms in total. The summed E-state index contributed by atoms with van der Waals surface area (Å²) in [4.78, 5) is 26.0. The van der Waals surface area contributed by atoms with E-state index in [2.05, 4.69) is 5.32 Å². The number of benzene rings is 3. The number of nitrogens with zero attached hydrogens (tertiary/aromatic N) is 1. The second kappa shape index (κ2) is 9.35. The van der Waals surface area contributed by atoms with Crippen LogP contribution in [0.5, 0.6) is 11.5 Å². The van der Waals surface area contributed by atoms with Gasteiger partial charge in [-0.1, -0.05) is 60.7 Å². The number of nitrogens with one attached hydrogen (secondary N) is 1. The second-order valence-electron chi connectivity index (χ2n) is 7.55. The van der Waals surface area contributed by atoms with Crippen LogP contribution in [-0.2, 0) is 6.54 Å². The molecule has 0 atom stereocenters. The van der Waals surface area contributed by atoms with Crippen molar-refractivity contribution in [1.82, 2.24) is 4.57 Å².